The molecule has 3 nitrogen and oxygen atoms in total. The van der Waals surface area contributed by atoms with E-state index < -0.39 is 10.0 Å². The van der Waals surface area contributed by atoms with Crippen LogP contribution in [-0.4, -0.2) is 37.4 Å². The van der Waals surface area contributed by atoms with Crippen LogP contribution in [0.2, 0.25) is 0 Å². The summed E-state index contributed by atoms with van der Waals surface area (Å²) in [5, 5.41) is 0. The Morgan fingerprint density at radius 1 is 1.36 bits per heavy atom. The first-order valence-electron chi connectivity index (χ1n) is 5.14. The minimum atomic E-state index is -2.97. The third-order valence-electron chi connectivity index (χ3n) is 2.65. The zero-order valence-electron chi connectivity index (χ0n) is 8.58. The molecule has 0 aromatic carbocycles. The van der Waals surface area contributed by atoms with E-state index in [1.807, 2.05) is 6.92 Å². The highest BCUT2D eigenvalue weighted by Gasteiger charge is 2.26. The Balaban J connectivity index is 2.49. The molecule has 0 amide bonds. The highest BCUT2D eigenvalue weighted by molar-refractivity contribution is 7.89. The van der Waals surface area contributed by atoms with Gasteiger partial charge < -0.3 is 0 Å². The first-order chi connectivity index (χ1) is 6.60. The Bertz CT molecular complexity index is 258. The summed E-state index contributed by atoms with van der Waals surface area (Å²) in [6.45, 7) is 3.20. The number of hydrogen-bond donors (Lipinski definition) is 0. The zero-order valence-corrected chi connectivity index (χ0v) is 10.1. The van der Waals surface area contributed by atoms with Gasteiger partial charge in [-0.3, -0.25) is 0 Å². The molecule has 14 heavy (non-hydrogen) atoms. The standard InChI is InChI=1S/C9H18ClNO2S/c1-2-7-14(12,13)11-5-3-9(8-10)4-6-11/h9H,2-8H2,1H3. The van der Waals surface area contributed by atoms with Gasteiger partial charge in [-0.1, -0.05) is 6.92 Å². The summed E-state index contributed by atoms with van der Waals surface area (Å²) in [4.78, 5) is 0. The predicted octanol–water partition coefficient (Wildman–Crippen LogP) is 1.68. The number of piperidine rings is 1. The molecule has 84 valence electrons. The first kappa shape index (κ1) is 12.3. The topological polar surface area (TPSA) is 37.4 Å². The van der Waals surface area contributed by atoms with E-state index in [-0.39, 0.29) is 5.75 Å². The molecule has 0 saturated carbocycles. The van der Waals surface area contributed by atoms with Crippen LogP contribution in [0.15, 0.2) is 0 Å². The van der Waals surface area contributed by atoms with Crippen molar-refractivity contribution in [1.82, 2.24) is 4.31 Å². The van der Waals surface area contributed by atoms with Crippen LogP contribution in [-0.2, 0) is 10.0 Å². The van der Waals surface area contributed by atoms with Crippen molar-refractivity contribution in [2.24, 2.45) is 5.92 Å². The van der Waals surface area contributed by atoms with E-state index in [1.54, 1.807) is 4.31 Å². The Morgan fingerprint density at radius 3 is 2.36 bits per heavy atom. The lowest BCUT2D eigenvalue weighted by molar-refractivity contribution is 0.290. The highest BCUT2D eigenvalue weighted by Crippen LogP contribution is 2.20. The van der Waals surface area contributed by atoms with Gasteiger partial charge in [0.05, 0.1) is 5.75 Å². The van der Waals surface area contributed by atoms with E-state index in [9.17, 15) is 8.42 Å². The molecule has 0 aromatic rings. The Morgan fingerprint density at radius 2 is 1.93 bits per heavy atom. The summed E-state index contributed by atoms with van der Waals surface area (Å²) in [7, 11) is -2.97. The second-order valence-electron chi connectivity index (χ2n) is 3.81. The molecule has 1 heterocycles. The zero-order chi connectivity index (χ0) is 10.6. The monoisotopic (exact) mass is 239 g/mol. The molecule has 5 heteroatoms. The summed E-state index contributed by atoms with van der Waals surface area (Å²) in [6, 6.07) is 0. The molecule has 0 N–H and O–H groups in total. The third kappa shape index (κ3) is 3.11. The van der Waals surface area contributed by atoms with Crippen molar-refractivity contribution < 1.29 is 8.42 Å². The fourth-order valence-corrected chi connectivity index (χ4v) is 3.58. The van der Waals surface area contributed by atoms with E-state index in [1.165, 1.54) is 0 Å². The number of hydrogen-bond acceptors (Lipinski definition) is 2. The largest absolute Gasteiger partial charge is 0.214 e. The van der Waals surface area contributed by atoms with Crippen molar-refractivity contribution in [3.8, 4) is 0 Å². The molecule has 0 aliphatic carbocycles. The predicted molar refractivity (Wildman–Crippen MR) is 59.1 cm³/mol. The van der Waals surface area contributed by atoms with Gasteiger partial charge in [-0.2, -0.15) is 0 Å². The minimum absolute atomic E-state index is 0.276. The summed E-state index contributed by atoms with van der Waals surface area (Å²) < 4.78 is 25.0. The minimum Gasteiger partial charge on any atom is -0.212 e. The average molecular weight is 240 g/mol. The van der Waals surface area contributed by atoms with Gasteiger partial charge in [-0.25, -0.2) is 12.7 Å². The van der Waals surface area contributed by atoms with Crippen molar-refractivity contribution >= 4 is 21.6 Å². The molecular formula is C9H18ClNO2S. The van der Waals surface area contributed by atoms with E-state index >= 15 is 0 Å². The molecule has 0 atom stereocenters. The van der Waals surface area contributed by atoms with Gasteiger partial charge in [0.2, 0.25) is 10.0 Å². The van der Waals surface area contributed by atoms with Crippen LogP contribution in [0.5, 0.6) is 0 Å². The van der Waals surface area contributed by atoms with Crippen LogP contribution < -0.4 is 0 Å². The second kappa shape index (κ2) is 5.33. The van der Waals surface area contributed by atoms with Crippen LogP contribution in [0.25, 0.3) is 0 Å². The smallest absolute Gasteiger partial charge is 0.212 e. The van der Waals surface area contributed by atoms with Crippen molar-refractivity contribution in [2.45, 2.75) is 26.2 Å². The average Bonchev–Trinajstić information content (AvgIpc) is 2.18. The van der Waals surface area contributed by atoms with Crippen LogP contribution in [0, 0.1) is 5.92 Å². The Kier molecular flexibility index (Phi) is 4.67. The molecule has 1 aliphatic rings. The van der Waals surface area contributed by atoms with Crippen molar-refractivity contribution in [3.05, 3.63) is 0 Å². The van der Waals surface area contributed by atoms with Crippen LogP contribution in [0.4, 0.5) is 0 Å². The molecule has 1 saturated heterocycles. The van der Waals surface area contributed by atoms with E-state index in [0.717, 1.165) is 12.8 Å². The summed E-state index contributed by atoms with van der Waals surface area (Å²) in [6.07, 6.45) is 2.51. The number of alkyl halides is 1. The van der Waals surface area contributed by atoms with E-state index in [0.29, 0.717) is 31.3 Å². The van der Waals surface area contributed by atoms with Crippen molar-refractivity contribution in [3.63, 3.8) is 0 Å². The molecule has 0 spiro atoms. The molecule has 1 aliphatic heterocycles. The van der Waals surface area contributed by atoms with Crippen LogP contribution in [0.1, 0.15) is 26.2 Å². The number of halogens is 1. The van der Waals surface area contributed by atoms with Gasteiger partial charge in [-0.15, -0.1) is 11.6 Å². The molecule has 1 fully saturated rings. The second-order valence-corrected chi connectivity index (χ2v) is 6.21. The normalized spacial score (nSPS) is 21.3. The van der Waals surface area contributed by atoms with Gasteiger partial charge in [-0.05, 0) is 25.2 Å². The number of rotatable bonds is 4. The lowest BCUT2D eigenvalue weighted by Crippen LogP contribution is -2.39. The van der Waals surface area contributed by atoms with Gasteiger partial charge in [0, 0.05) is 19.0 Å². The summed E-state index contributed by atoms with van der Waals surface area (Å²) >= 11 is 5.74. The number of sulfonamides is 1. The molecular weight excluding hydrogens is 222 g/mol. The van der Waals surface area contributed by atoms with Gasteiger partial charge in [0.15, 0.2) is 0 Å². The molecule has 0 aromatic heterocycles. The quantitative estimate of drug-likeness (QED) is 0.700. The van der Waals surface area contributed by atoms with Crippen molar-refractivity contribution in [1.29, 1.82) is 0 Å². The van der Waals surface area contributed by atoms with Crippen LogP contribution in [0.3, 0.4) is 0 Å². The maximum absolute atomic E-state index is 11.7. The lowest BCUT2D eigenvalue weighted by atomic mass is 10.0. The third-order valence-corrected chi connectivity index (χ3v) is 5.16. The Labute approximate surface area is 91.5 Å². The number of nitrogens with zero attached hydrogens (tertiary/aromatic N) is 1. The highest BCUT2D eigenvalue weighted by atomic mass is 35.5. The van der Waals surface area contributed by atoms with Crippen LogP contribution >= 0.6 is 11.6 Å². The lowest BCUT2D eigenvalue weighted by Gasteiger charge is -2.30. The molecule has 0 unspecified atom stereocenters. The molecule has 0 radical (unpaired) electrons. The molecule has 1 rings (SSSR count). The van der Waals surface area contributed by atoms with Gasteiger partial charge in [0.1, 0.15) is 0 Å². The van der Waals surface area contributed by atoms with Crippen molar-refractivity contribution in [2.75, 3.05) is 24.7 Å². The summed E-state index contributed by atoms with van der Waals surface area (Å²) in [5.74, 6) is 1.44. The fraction of sp³-hybridized carbons (Fsp3) is 1.00. The van der Waals surface area contributed by atoms with E-state index in [2.05, 4.69) is 0 Å². The van der Waals surface area contributed by atoms with Gasteiger partial charge >= 0.3 is 0 Å². The SMILES string of the molecule is CCCS(=O)(=O)N1CCC(CCl)CC1. The fourth-order valence-electron chi connectivity index (χ4n) is 1.73. The van der Waals surface area contributed by atoms with E-state index in [4.69, 9.17) is 11.6 Å². The summed E-state index contributed by atoms with van der Waals surface area (Å²) in [5.41, 5.74) is 0. The maximum atomic E-state index is 11.7. The Hall–Kier alpha value is 0.200. The molecule has 0 bridgehead atoms. The first-order valence-corrected chi connectivity index (χ1v) is 7.28. The van der Waals surface area contributed by atoms with Gasteiger partial charge in [0.25, 0.3) is 0 Å². The maximum Gasteiger partial charge on any atom is 0.214 e.